The molecule has 0 bridgehead atoms. The zero-order chi connectivity index (χ0) is 12.4. The second kappa shape index (κ2) is 5.21. The van der Waals surface area contributed by atoms with Crippen LogP contribution >= 0.6 is 15.9 Å². The van der Waals surface area contributed by atoms with Crippen LogP contribution in [0.4, 0.5) is 5.95 Å². The minimum absolute atomic E-state index is 0.242. The summed E-state index contributed by atoms with van der Waals surface area (Å²) in [6.45, 7) is 4.59. The van der Waals surface area contributed by atoms with Gasteiger partial charge in [0.1, 0.15) is 6.10 Å². The second-order valence-electron chi connectivity index (χ2n) is 4.89. The van der Waals surface area contributed by atoms with E-state index in [9.17, 15) is 0 Å². The van der Waals surface area contributed by atoms with Gasteiger partial charge in [0.2, 0.25) is 11.8 Å². The van der Waals surface area contributed by atoms with E-state index in [1.807, 2.05) is 0 Å². The largest absolute Gasteiger partial charge is 0.473 e. The van der Waals surface area contributed by atoms with Crippen LogP contribution in [0.25, 0.3) is 0 Å². The van der Waals surface area contributed by atoms with E-state index in [2.05, 4.69) is 39.7 Å². The molecule has 1 aliphatic rings. The summed E-state index contributed by atoms with van der Waals surface area (Å²) in [5, 5.41) is 0. The number of rotatable bonds is 2. The molecule has 1 aromatic heterocycles. The normalized spacial score (nSPS) is 29.0. The maximum absolute atomic E-state index is 5.91. The molecule has 0 radical (unpaired) electrons. The third kappa shape index (κ3) is 3.09. The number of nitrogen functional groups attached to an aromatic ring is 1. The number of aromatic nitrogens is 2. The summed E-state index contributed by atoms with van der Waals surface area (Å²) in [6, 6.07) is 0. The molecule has 17 heavy (non-hydrogen) atoms. The molecule has 0 amide bonds. The zero-order valence-electron chi connectivity index (χ0n) is 10.2. The van der Waals surface area contributed by atoms with Crippen LogP contribution in [0.2, 0.25) is 0 Å². The van der Waals surface area contributed by atoms with Gasteiger partial charge in [-0.15, -0.1) is 0 Å². The molecule has 3 unspecified atom stereocenters. The predicted molar refractivity (Wildman–Crippen MR) is 70.7 cm³/mol. The van der Waals surface area contributed by atoms with Crippen LogP contribution in [0.1, 0.15) is 33.1 Å². The summed E-state index contributed by atoms with van der Waals surface area (Å²) >= 11 is 3.38. The van der Waals surface area contributed by atoms with E-state index in [1.54, 1.807) is 6.20 Å². The Bertz CT molecular complexity index is 399. The summed E-state index contributed by atoms with van der Waals surface area (Å²) in [5.41, 5.74) is 5.56. The van der Waals surface area contributed by atoms with E-state index >= 15 is 0 Å². The Balaban J connectivity index is 2.03. The number of hydrogen-bond donors (Lipinski definition) is 1. The lowest BCUT2D eigenvalue weighted by Gasteiger charge is -2.32. The zero-order valence-corrected chi connectivity index (χ0v) is 11.8. The van der Waals surface area contributed by atoms with Crippen molar-refractivity contribution in [2.24, 2.45) is 11.8 Å². The van der Waals surface area contributed by atoms with Crippen LogP contribution in [0, 0.1) is 11.8 Å². The molecule has 0 spiro atoms. The van der Waals surface area contributed by atoms with Gasteiger partial charge in [-0.05, 0) is 47.0 Å². The molecule has 3 atom stereocenters. The first-order chi connectivity index (χ1) is 8.06. The summed E-state index contributed by atoms with van der Waals surface area (Å²) < 4.78 is 6.67. The summed E-state index contributed by atoms with van der Waals surface area (Å²) in [5.74, 6) is 2.30. The highest BCUT2D eigenvalue weighted by molar-refractivity contribution is 9.10. The Hall–Kier alpha value is -0.840. The number of anilines is 1. The van der Waals surface area contributed by atoms with E-state index in [4.69, 9.17) is 10.5 Å². The van der Waals surface area contributed by atoms with Crippen molar-refractivity contribution in [3.8, 4) is 5.88 Å². The van der Waals surface area contributed by atoms with Gasteiger partial charge in [0.05, 0.1) is 10.7 Å². The van der Waals surface area contributed by atoms with Crippen molar-refractivity contribution in [2.45, 2.75) is 39.2 Å². The van der Waals surface area contributed by atoms with Gasteiger partial charge in [-0.25, -0.2) is 4.98 Å². The van der Waals surface area contributed by atoms with Gasteiger partial charge < -0.3 is 10.5 Å². The monoisotopic (exact) mass is 299 g/mol. The lowest BCUT2D eigenvalue weighted by molar-refractivity contribution is 0.0957. The molecule has 4 nitrogen and oxygen atoms in total. The van der Waals surface area contributed by atoms with Crippen LogP contribution in [-0.2, 0) is 0 Å². The molecule has 0 saturated heterocycles. The van der Waals surface area contributed by atoms with E-state index in [-0.39, 0.29) is 12.1 Å². The minimum Gasteiger partial charge on any atom is -0.473 e. The van der Waals surface area contributed by atoms with Gasteiger partial charge in [-0.2, -0.15) is 4.98 Å². The molecular weight excluding hydrogens is 282 g/mol. The van der Waals surface area contributed by atoms with Crippen LogP contribution in [0.5, 0.6) is 5.88 Å². The smallest absolute Gasteiger partial charge is 0.233 e. The van der Waals surface area contributed by atoms with E-state index in [0.29, 0.717) is 11.8 Å². The van der Waals surface area contributed by atoms with E-state index in [0.717, 1.165) is 23.2 Å². The number of ether oxygens (including phenoxy) is 1. The molecule has 1 saturated carbocycles. The summed E-state index contributed by atoms with van der Waals surface area (Å²) in [6.07, 6.45) is 5.25. The van der Waals surface area contributed by atoms with Crippen molar-refractivity contribution in [3.63, 3.8) is 0 Å². The molecule has 1 aromatic rings. The van der Waals surface area contributed by atoms with Gasteiger partial charge in [-0.1, -0.05) is 13.8 Å². The van der Waals surface area contributed by atoms with Crippen molar-refractivity contribution in [3.05, 3.63) is 10.7 Å². The van der Waals surface area contributed by atoms with Gasteiger partial charge in [0.15, 0.2) is 0 Å². The third-order valence-corrected chi connectivity index (χ3v) is 4.10. The van der Waals surface area contributed by atoms with Crippen LogP contribution in [0.15, 0.2) is 10.7 Å². The SMILES string of the molecule is CC1CCC(Oc2nc(N)ncc2Br)CC1C. The molecule has 2 N–H and O–H groups in total. The van der Waals surface area contributed by atoms with Crippen LogP contribution in [0.3, 0.4) is 0 Å². The quantitative estimate of drug-likeness (QED) is 0.912. The lowest BCUT2D eigenvalue weighted by Crippen LogP contribution is -2.29. The standard InChI is InChI=1S/C12H18BrN3O/c1-7-3-4-9(5-8(7)2)17-11-10(13)6-15-12(14)16-11/h6-9H,3-5H2,1-2H3,(H2,14,15,16). The third-order valence-electron chi connectivity index (χ3n) is 3.56. The predicted octanol–water partition coefficient (Wildman–Crippen LogP) is 3.02. The Morgan fingerprint density at radius 3 is 2.82 bits per heavy atom. The van der Waals surface area contributed by atoms with Crippen LogP contribution < -0.4 is 10.5 Å². The molecule has 0 aromatic carbocycles. The fraction of sp³-hybridized carbons (Fsp3) is 0.667. The Labute approximate surface area is 110 Å². The highest BCUT2D eigenvalue weighted by Crippen LogP contribution is 2.33. The molecule has 1 heterocycles. The van der Waals surface area contributed by atoms with Gasteiger partial charge in [0, 0.05) is 0 Å². The average Bonchev–Trinajstić information content (AvgIpc) is 2.29. The average molecular weight is 300 g/mol. The Kier molecular flexibility index (Phi) is 3.86. The highest BCUT2D eigenvalue weighted by Gasteiger charge is 2.26. The number of nitrogens with two attached hydrogens (primary N) is 1. The lowest BCUT2D eigenvalue weighted by atomic mass is 9.80. The van der Waals surface area contributed by atoms with Crippen LogP contribution in [-0.4, -0.2) is 16.1 Å². The number of nitrogens with zero attached hydrogens (tertiary/aromatic N) is 2. The minimum atomic E-state index is 0.242. The number of halogens is 1. The molecule has 1 fully saturated rings. The molecule has 2 rings (SSSR count). The number of hydrogen-bond acceptors (Lipinski definition) is 4. The molecule has 0 aliphatic heterocycles. The molecule has 1 aliphatic carbocycles. The Morgan fingerprint density at radius 2 is 2.12 bits per heavy atom. The first-order valence-electron chi connectivity index (χ1n) is 6.01. The topological polar surface area (TPSA) is 61.0 Å². The highest BCUT2D eigenvalue weighted by atomic mass is 79.9. The summed E-state index contributed by atoms with van der Waals surface area (Å²) in [4.78, 5) is 8.01. The summed E-state index contributed by atoms with van der Waals surface area (Å²) in [7, 11) is 0. The maximum Gasteiger partial charge on any atom is 0.233 e. The molecule has 94 valence electrons. The second-order valence-corrected chi connectivity index (χ2v) is 5.74. The van der Waals surface area contributed by atoms with Crippen molar-refractivity contribution in [2.75, 3.05) is 5.73 Å². The molecular formula is C12H18BrN3O. The van der Waals surface area contributed by atoms with E-state index < -0.39 is 0 Å². The first kappa shape index (κ1) is 12.6. The fourth-order valence-corrected chi connectivity index (χ4v) is 2.49. The fourth-order valence-electron chi connectivity index (χ4n) is 2.21. The molecule has 5 heteroatoms. The van der Waals surface area contributed by atoms with Crippen molar-refractivity contribution >= 4 is 21.9 Å². The first-order valence-corrected chi connectivity index (χ1v) is 6.80. The maximum atomic E-state index is 5.91. The Morgan fingerprint density at radius 1 is 1.35 bits per heavy atom. The van der Waals surface area contributed by atoms with Gasteiger partial charge in [0.25, 0.3) is 0 Å². The van der Waals surface area contributed by atoms with Gasteiger partial charge >= 0.3 is 0 Å². The van der Waals surface area contributed by atoms with Crippen molar-refractivity contribution in [1.29, 1.82) is 0 Å². The van der Waals surface area contributed by atoms with Crippen molar-refractivity contribution in [1.82, 2.24) is 9.97 Å². The van der Waals surface area contributed by atoms with E-state index in [1.165, 1.54) is 6.42 Å². The van der Waals surface area contributed by atoms with Gasteiger partial charge in [-0.3, -0.25) is 0 Å². The van der Waals surface area contributed by atoms with Crippen molar-refractivity contribution < 1.29 is 4.74 Å².